The standard InChI is InChI=1S/C11H16N2O4S/c1-2-4-18-5-3-12-11(17)13-7-8(14)6-9(13)10(15)16/h1,8-9,14H,3-7H2,(H,12,17)(H,15,16)/t8?,9-/m0/s1. The van der Waals surface area contributed by atoms with Crippen molar-refractivity contribution < 1.29 is 19.8 Å². The molecule has 2 atom stereocenters. The second-order valence-corrected chi connectivity index (χ2v) is 4.99. The number of carbonyl (C=O) groups excluding carboxylic acids is 1. The molecule has 1 rings (SSSR count). The number of amides is 2. The molecule has 1 heterocycles. The lowest BCUT2D eigenvalue weighted by Gasteiger charge is -2.21. The van der Waals surface area contributed by atoms with E-state index in [2.05, 4.69) is 11.2 Å². The number of aliphatic hydroxyl groups is 1. The van der Waals surface area contributed by atoms with E-state index in [9.17, 15) is 14.7 Å². The summed E-state index contributed by atoms with van der Waals surface area (Å²) >= 11 is 1.51. The second kappa shape index (κ2) is 7.13. The average molecular weight is 272 g/mol. The Hall–Kier alpha value is -1.39. The van der Waals surface area contributed by atoms with Crippen molar-refractivity contribution >= 4 is 23.8 Å². The minimum Gasteiger partial charge on any atom is -0.480 e. The van der Waals surface area contributed by atoms with Crippen LogP contribution in [0, 0.1) is 12.3 Å². The average Bonchev–Trinajstić information content (AvgIpc) is 2.71. The summed E-state index contributed by atoms with van der Waals surface area (Å²) in [7, 11) is 0. The summed E-state index contributed by atoms with van der Waals surface area (Å²) < 4.78 is 0. The maximum atomic E-state index is 11.7. The molecule has 7 heteroatoms. The van der Waals surface area contributed by atoms with Gasteiger partial charge < -0.3 is 20.4 Å². The monoisotopic (exact) mass is 272 g/mol. The van der Waals surface area contributed by atoms with Crippen molar-refractivity contribution in [3.8, 4) is 12.3 Å². The summed E-state index contributed by atoms with van der Waals surface area (Å²) in [4.78, 5) is 23.8. The zero-order chi connectivity index (χ0) is 13.5. The lowest BCUT2D eigenvalue weighted by molar-refractivity contribution is -0.141. The molecule has 18 heavy (non-hydrogen) atoms. The maximum absolute atomic E-state index is 11.7. The van der Waals surface area contributed by atoms with Gasteiger partial charge in [-0.05, 0) is 0 Å². The molecule has 0 aromatic rings. The van der Waals surface area contributed by atoms with E-state index in [1.807, 2.05) is 0 Å². The van der Waals surface area contributed by atoms with E-state index < -0.39 is 24.1 Å². The molecule has 0 aromatic heterocycles. The van der Waals surface area contributed by atoms with Crippen LogP contribution in [0.3, 0.4) is 0 Å². The molecule has 100 valence electrons. The molecule has 1 aliphatic rings. The van der Waals surface area contributed by atoms with Gasteiger partial charge in [0.25, 0.3) is 0 Å². The van der Waals surface area contributed by atoms with Crippen LogP contribution < -0.4 is 5.32 Å². The number of thioether (sulfide) groups is 1. The SMILES string of the molecule is C#CCSCCNC(=O)N1CC(O)C[C@H]1C(=O)O. The number of nitrogens with one attached hydrogen (secondary N) is 1. The predicted molar refractivity (Wildman–Crippen MR) is 68.3 cm³/mol. The van der Waals surface area contributed by atoms with Crippen LogP contribution in [0.4, 0.5) is 4.79 Å². The fourth-order valence-corrected chi connectivity index (χ4v) is 2.24. The lowest BCUT2D eigenvalue weighted by atomic mass is 10.2. The number of nitrogens with zero attached hydrogens (tertiary/aromatic N) is 1. The van der Waals surface area contributed by atoms with Crippen LogP contribution in [0.2, 0.25) is 0 Å². The van der Waals surface area contributed by atoms with Gasteiger partial charge in [0.2, 0.25) is 0 Å². The number of terminal acetylenes is 1. The Morgan fingerprint density at radius 2 is 2.28 bits per heavy atom. The quantitative estimate of drug-likeness (QED) is 0.467. The Labute approximate surface area is 110 Å². The minimum absolute atomic E-state index is 0.0559. The van der Waals surface area contributed by atoms with Crippen LogP contribution in [-0.2, 0) is 4.79 Å². The van der Waals surface area contributed by atoms with Gasteiger partial charge in [0.1, 0.15) is 6.04 Å². The van der Waals surface area contributed by atoms with Gasteiger partial charge in [0, 0.05) is 25.3 Å². The number of hydrogen-bond donors (Lipinski definition) is 3. The van der Waals surface area contributed by atoms with Gasteiger partial charge in [0.05, 0.1) is 11.9 Å². The molecule has 1 saturated heterocycles. The van der Waals surface area contributed by atoms with Gasteiger partial charge in [-0.25, -0.2) is 9.59 Å². The summed E-state index contributed by atoms with van der Waals surface area (Å²) in [5, 5.41) is 20.9. The summed E-state index contributed by atoms with van der Waals surface area (Å²) in [6.07, 6.45) is 4.38. The fraction of sp³-hybridized carbons (Fsp3) is 0.636. The van der Waals surface area contributed by atoms with Crippen LogP contribution in [0.15, 0.2) is 0 Å². The Morgan fingerprint density at radius 3 is 2.89 bits per heavy atom. The van der Waals surface area contributed by atoms with Crippen molar-refractivity contribution in [1.29, 1.82) is 0 Å². The van der Waals surface area contributed by atoms with Crippen molar-refractivity contribution in [2.24, 2.45) is 0 Å². The first-order valence-electron chi connectivity index (χ1n) is 5.52. The van der Waals surface area contributed by atoms with Gasteiger partial charge >= 0.3 is 12.0 Å². The molecule has 0 spiro atoms. The van der Waals surface area contributed by atoms with E-state index in [0.717, 1.165) is 4.90 Å². The third kappa shape index (κ3) is 4.13. The molecule has 3 N–H and O–H groups in total. The minimum atomic E-state index is -1.09. The van der Waals surface area contributed by atoms with Crippen LogP contribution in [0.5, 0.6) is 0 Å². The predicted octanol–water partition coefficient (Wildman–Crippen LogP) is -0.418. The third-order valence-electron chi connectivity index (χ3n) is 2.53. The highest BCUT2D eigenvalue weighted by atomic mass is 32.2. The number of aliphatic hydroxyl groups excluding tert-OH is 1. The van der Waals surface area contributed by atoms with E-state index in [1.54, 1.807) is 0 Å². The summed E-state index contributed by atoms with van der Waals surface area (Å²) in [6, 6.07) is -1.40. The molecule has 0 aromatic carbocycles. The fourth-order valence-electron chi connectivity index (χ4n) is 1.74. The molecule has 0 bridgehead atoms. The smallest absolute Gasteiger partial charge is 0.326 e. The summed E-state index contributed by atoms with van der Waals surface area (Å²) in [5.74, 6) is 2.62. The molecule has 0 saturated carbocycles. The van der Waals surface area contributed by atoms with E-state index in [1.165, 1.54) is 11.8 Å². The summed E-state index contributed by atoms with van der Waals surface area (Å²) in [5.41, 5.74) is 0. The van der Waals surface area contributed by atoms with Gasteiger partial charge in [-0.15, -0.1) is 18.2 Å². The van der Waals surface area contributed by atoms with E-state index in [0.29, 0.717) is 18.1 Å². The van der Waals surface area contributed by atoms with E-state index in [-0.39, 0.29) is 13.0 Å². The van der Waals surface area contributed by atoms with Crippen molar-refractivity contribution in [3.63, 3.8) is 0 Å². The molecule has 0 aliphatic carbocycles. The number of carbonyl (C=O) groups is 2. The Morgan fingerprint density at radius 1 is 1.56 bits per heavy atom. The van der Waals surface area contributed by atoms with Crippen molar-refractivity contribution in [2.75, 3.05) is 24.6 Å². The molecular weight excluding hydrogens is 256 g/mol. The molecule has 1 fully saturated rings. The zero-order valence-corrected chi connectivity index (χ0v) is 10.7. The first-order chi connectivity index (χ1) is 8.56. The number of urea groups is 1. The number of hydrogen-bond acceptors (Lipinski definition) is 4. The second-order valence-electron chi connectivity index (χ2n) is 3.88. The Balaban J connectivity index is 2.36. The molecule has 1 unspecified atom stereocenters. The van der Waals surface area contributed by atoms with E-state index in [4.69, 9.17) is 11.5 Å². The Bertz CT molecular complexity index is 355. The molecule has 1 aliphatic heterocycles. The van der Waals surface area contributed by atoms with Gasteiger partial charge in [0.15, 0.2) is 0 Å². The van der Waals surface area contributed by atoms with Crippen LogP contribution in [-0.4, -0.2) is 63.9 Å². The van der Waals surface area contributed by atoms with E-state index >= 15 is 0 Å². The summed E-state index contributed by atoms with van der Waals surface area (Å²) in [6.45, 7) is 0.477. The van der Waals surface area contributed by atoms with Crippen LogP contribution in [0.25, 0.3) is 0 Å². The molecule has 2 amide bonds. The number of aliphatic carboxylic acids is 1. The highest BCUT2D eigenvalue weighted by Crippen LogP contribution is 2.17. The lowest BCUT2D eigenvalue weighted by Crippen LogP contribution is -2.46. The van der Waals surface area contributed by atoms with Crippen LogP contribution in [0.1, 0.15) is 6.42 Å². The normalized spacial score (nSPS) is 22.6. The first-order valence-corrected chi connectivity index (χ1v) is 6.68. The van der Waals surface area contributed by atoms with Gasteiger partial charge in [-0.2, -0.15) is 0 Å². The molecule has 6 nitrogen and oxygen atoms in total. The zero-order valence-electron chi connectivity index (χ0n) is 9.83. The topological polar surface area (TPSA) is 89.9 Å². The number of carboxylic acid groups (broad SMARTS) is 1. The molecular formula is C11H16N2O4S. The highest BCUT2D eigenvalue weighted by molar-refractivity contribution is 7.99. The largest absolute Gasteiger partial charge is 0.480 e. The third-order valence-corrected chi connectivity index (χ3v) is 3.40. The highest BCUT2D eigenvalue weighted by Gasteiger charge is 2.38. The van der Waals surface area contributed by atoms with Crippen molar-refractivity contribution in [2.45, 2.75) is 18.6 Å². The number of β-amino-alcohol motifs (C(OH)–C–C–N with tert-alkyl or cyclic N) is 1. The van der Waals surface area contributed by atoms with Gasteiger partial charge in [-0.3, -0.25) is 0 Å². The van der Waals surface area contributed by atoms with Crippen LogP contribution >= 0.6 is 11.8 Å². The van der Waals surface area contributed by atoms with Gasteiger partial charge in [-0.1, -0.05) is 5.92 Å². The Kier molecular flexibility index (Phi) is 5.82. The molecule has 0 radical (unpaired) electrons. The van der Waals surface area contributed by atoms with Crippen molar-refractivity contribution in [1.82, 2.24) is 10.2 Å². The number of carboxylic acids is 1. The number of rotatable bonds is 5. The maximum Gasteiger partial charge on any atom is 0.326 e. The number of likely N-dealkylation sites (tertiary alicyclic amines) is 1. The first kappa shape index (κ1) is 14.7. The van der Waals surface area contributed by atoms with Crippen molar-refractivity contribution in [3.05, 3.63) is 0 Å².